The van der Waals surface area contributed by atoms with Crippen LogP contribution in [0.5, 0.6) is 0 Å². The summed E-state index contributed by atoms with van der Waals surface area (Å²) in [7, 11) is 0. The minimum atomic E-state index is -0.840. The summed E-state index contributed by atoms with van der Waals surface area (Å²) in [6.07, 6.45) is 4.70. The van der Waals surface area contributed by atoms with Crippen molar-refractivity contribution in [3.8, 4) is 11.3 Å². The van der Waals surface area contributed by atoms with Crippen molar-refractivity contribution in [2.24, 2.45) is 5.92 Å². The van der Waals surface area contributed by atoms with Gasteiger partial charge in [-0.3, -0.25) is 14.4 Å². The molecule has 1 atom stereocenters. The molecule has 0 bridgehead atoms. The maximum absolute atomic E-state index is 13.8. The standard InChI is InChI=1S/C34H35N3O4/c1-23-25(18-21-32(39)40)12-7-13-29(23)35-34(41)33(27-10-5-6-11-27)28-16-14-24(15-17-28)22-37-31(38)20-19-30(36-37)26-8-3-2-4-9-26/h2-4,7-9,12-17,19-20,27,33H,5-6,10-11,18,21-22H2,1H3,(H,35,41)(H,39,40)/t33-/m0/s1. The molecule has 0 spiro atoms. The van der Waals surface area contributed by atoms with Crippen LogP contribution in [0.2, 0.25) is 0 Å². The first-order valence-corrected chi connectivity index (χ1v) is 14.2. The van der Waals surface area contributed by atoms with E-state index in [2.05, 4.69) is 10.4 Å². The number of amides is 1. The molecule has 210 valence electrons. The number of benzene rings is 3. The third kappa shape index (κ3) is 6.80. The number of anilines is 1. The van der Waals surface area contributed by atoms with Gasteiger partial charge in [0.25, 0.3) is 5.56 Å². The van der Waals surface area contributed by atoms with Gasteiger partial charge in [0.2, 0.25) is 5.91 Å². The highest BCUT2D eigenvalue weighted by Gasteiger charge is 2.32. The smallest absolute Gasteiger partial charge is 0.303 e. The summed E-state index contributed by atoms with van der Waals surface area (Å²) in [5.41, 5.74) is 5.95. The predicted octanol–water partition coefficient (Wildman–Crippen LogP) is 6.20. The molecule has 7 nitrogen and oxygen atoms in total. The van der Waals surface area contributed by atoms with Gasteiger partial charge in [-0.05, 0) is 66.5 Å². The zero-order valence-electron chi connectivity index (χ0n) is 23.3. The van der Waals surface area contributed by atoms with Gasteiger partial charge >= 0.3 is 5.97 Å². The minimum absolute atomic E-state index is 0.0448. The molecule has 0 radical (unpaired) electrons. The van der Waals surface area contributed by atoms with Crippen molar-refractivity contribution in [1.29, 1.82) is 0 Å². The number of aryl methyl sites for hydroxylation is 1. The van der Waals surface area contributed by atoms with Crippen LogP contribution in [0, 0.1) is 12.8 Å². The molecule has 0 saturated heterocycles. The predicted molar refractivity (Wildman–Crippen MR) is 160 cm³/mol. The van der Waals surface area contributed by atoms with Crippen LogP contribution in [0.15, 0.2) is 89.7 Å². The highest BCUT2D eigenvalue weighted by Crippen LogP contribution is 2.38. The Labute approximate surface area is 239 Å². The normalized spacial score (nSPS) is 14.1. The van der Waals surface area contributed by atoms with Crippen molar-refractivity contribution in [1.82, 2.24) is 9.78 Å². The van der Waals surface area contributed by atoms with Crippen LogP contribution in [-0.2, 0) is 22.6 Å². The van der Waals surface area contributed by atoms with E-state index in [0.717, 1.165) is 64.9 Å². The van der Waals surface area contributed by atoms with Crippen molar-refractivity contribution in [3.05, 3.63) is 118 Å². The number of rotatable bonds is 10. The molecule has 1 aliphatic rings. The second-order valence-electron chi connectivity index (χ2n) is 10.8. The highest BCUT2D eigenvalue weighted by atomic mass is 16.4. The molecule has 7 heteroatoms. The van der Waals surface area contributed by atoms with Crippen LogP contribution in [0.1, 0.15) is 60.3 Å². The summed E-state index contributed by atoms with van der Waals surface area (Å²) in [5.74, 6) is -0.927. The lowest BCUT2D eigenvalue weighted by Gasteiger charge is -2.24. The average molecular weight is 550 g/mol. The molecule has 41 heavy (non-hydrogen) atoms. The van der Waals surface area contributed by atoms with E-state index in [9.17, 15) is 14.4 Å². The van der Waals surface area contributed by atoms with E-state index in [1.54, 1.807) is 12.1 Å². The van der Waals surface area contributed by atoms with Crippen molar-refractivity contribution in [2.75, 3.05) is 5.32 Å². The number of nitrogens with one attached hydrogen (secondary N) is 1. The van der Waals surface area contributed by atoms with E-state index >= 15 is 0 Å². The number of hydrogen-bond acceptors (Lipinski definition) is 4. The fraction of sp³-hybridized carbons (Fsp3) is 0.294. The maximum Gasteiger partial charge on any atom is 0.303 e. The molecule has 5 rings (SSSR count). The lowest BCUT2D eigenvalue weighted by atomic mass is 9.83. The molecule has 1 aromatic heterocycles. The van der Waals surface area contributed by atoms with Crippen molar-refractivity contribution in [3.63, 3.8) is 0 Å². The lowest BCUT2D eigenvalue weighted by Crippen LogP contribution is -2.27. The summed E-state index contributed by atoms with van der Waals surface area (Å²) >= 11 is 0. The Hall–Kier alpha value is -4.52. The monoisotopic (exact) mass is 549 g/mol. The van der Waals surface area contributed by atoms with E-state index in [4.69, 9.17) is 5.11 Å². The molecule has 1 saturated carbocycles. The number of aliphatic carboxylic acids is 1. The van der Waals surface area contributed by atoms with Crippen molar-refractivity contribution in [2.45, 2.75) is 57.9 Å². The van der Waals surface area contributed by atoms with Gasteiger partial charge in [-0.1, -0.05) is 79.6 Å². The van der Waals surface area contributed by atoms with Gasteiger partial charge in [-0.25, -0.2) is 4.68 Å². The number of carboxylic acids is 1. The zero-order chi connectivity index (χ0) is 28.8. The van der Waals surface area contributed by atoms with Gasteiger partial charge in [-0.2, -0.15) is 5.10 Å². The SMILES string of the molecule is Cc1c(CCC(=O)O)cccc1NC(=O)[C@H](c1ccc(Cn2nc(-c3ccccc3)ccc2=O)cc1)C1CCCC1. The van der Waals surface area contributed by atoms with Gasteiger partial charge in [0.05, 0.1) is 18.2 Å². The van der Waals surface area contributed by atoms with Crippen LogP contribution in [0.4, 0.5) is 5.69 Å². The molecular formula is C34H35N3O4. The third-order valence-corrected chi connectivity index (χ3v) is 8.07. The second-order valence-corrected chi connectivity index (χ2v) is 10.8. The van der Waals surface area contributed by atoms with Crippen molar-refractivity contribution < 1.29 is 14.7 Å². The van der Waals surface area contributed by atoms with Crippen molar-refractivity contribution >= 4 is 17.6 Å². The fourth-order valence-electron chi connectivity index (χ4n) is 5.80. The first kappa shape index (κ1) is 28.0. The van der Waals surface area contributed by atoms with Gasteiger partial charge in [0, 0.05) is 23.7 Å². The molecule has 2 N–H and O–H groups in total. The van der Waals surface area contributed by atoms with E-state index in [1.165, 1.54) is 4.68 Å². The van der Waals surface area contributed by atoms with Gasteiger partial charge in [0.15, 0.2) is 0 Å². The Morgan fingerprint density at radius 1 is 0.951 bits per heavy atom. The van der Waals surface area contributed by atoms with Crippen LogP contribution < -0.4 is 10.9 Å². The number of carboxylic acid groups (broad SMARTS) is 1. The van der Waals surface area contributed by atoms with E-state index < -0.39 is 5.97 Å². The van der Waals surface area contributed by atoms with Gasteiger partial charge in [-0.15, -0.1) is 0 Å². The highest BCUT2D eigenvalue weighted by molar-refractivity contribution is 5.97. The quantitative estimate of drug-likeness (QED) is 0.245. The number of carbonyl (C=O) groups excluding carboxylic acids is 1. The summed E-state index contributed by atoms with van der Waals surface area (Å²) in [6, 6.07) is 26.7. The Balaban J connectivity index is 1.35. The average Bonchev–Trinajstić information content (AvgIpc) is 3.50. The number of nitrogens with zero attached hydrogens (tertiary/aromatic N) is 2. The fourth-order valence-corrected chi connectivity index (χ4v) is 5.80. The Morgan fingerprint density at radius 3 is 2.39 bits per heavy atom. The molecule has 1 aliphatic carbocycles. The number of carbonyl (C=O) groups is 2. The molecule has 0 unspecified atom stereocenters. The third-order valence-electron chi connectivity index (χ3n) is 8.07. The second kappa shape index (κ2) is 12.8. The first-order chi connectivity index (χ1) is 19.9. The summed E-state index contributed by atoms with van der Waals surface area (Å²) in [6.45, 7) is 2.26. The van der Waals surface area contributed by atoms with E-state index in [-0.39, 0.29) is 29.7 Å². The number of aromatic nitrogens is 2. The van der Waals surface area contributed by atoms with Crippen LogP contribution in [0.3, 0.4) is 0 Å². The van der Waals surface area contributed by atoms with E-state index in [1.807, 2.05) is 79.7 Å². The lowest BCUT2D eigenvalue weighted by molar-refractivity contribution is -0.137. The topological polar surface area (TPSA) is 101 Å². The molecular weight excluding hydrogens is 514 g/mol. The maximum atomic E-state index is 13.8. The zero-order valence-corrected chi connectivity index (χ0v) is 23.3. The van der Waals surface area contributed by atoms with E-state index in [0.29, 0.717) is 13.0 Å². The Bertz CT molecular complexity index is 1570. The van der Waals surface area contributed by atoms with Crippen LogP contribution >= 0.6 is 0 Å². The van der Waals surface area contributed by atoms with Crippen LogP contribution in [-0.4, -0.2) is 26.8 Å². The van der Waals surface area contributed by atoms with Gasteiger partial charge < -0.3 is 10.4 Å². The molecule has 0 aliphatic heterocycles. The number of hydrogen-bond donors (Lipinski definition) is 2. The molecule has 1 heterocycles. The first-order valence-electron chi connectivity index (χ1n) is 14.2. The Kier molecular flexibility index (Phi) is 8.73. The molecule has 3 aromatic carbocycles. The minimum Gasteiger partial charge on any atom is -0.481 e. The largest absolute Gasteiger partial charge is 0.481 e. The Morgan fingerprint density at radius 2 is 1.68 bits per heavy atom. The summed E-state index contributed by atoms with van der Waals surface area (Å²) in [5, 5.41) is 16.8. The van der Waals surface area contributed by atoms with Gasteiger partial charge in [0.1, 0.15) is 0 Å². The molecule has 1 fully saturated rings. The molecule has 1 amide bonds. The summed E-state index contributed by atoms with van der Waals surface area (Å²) < 4.78 is 1.47. The summed E-state index contributed by atoms with van der Waals surface area (Å²) in [4.78, 5) is 37.4. The molecule has 4 aromatic rings. The van der Waals surface area contributed by atoms with Crippen LogP contribution in [0.25, 0.3) is 11.3 Å².